The van der Waals surface area contributed by atoms with Gasteiger partial charge in [0.2, 0.25) is 0 Å². The Bertz CT molecular complexity index is 1360. The third-order valence-electron chi connectivity index (χ3n) is 5.65. The van der Waals surface area contributed by atoms with E-state index in [-0.39, 0.29) is 28.9 Å². The number of amides is 2. The van der Waals surface area contributed by atoms with Crippen molar-refractivity contribution in [3.63, 3.8) is 0 Å². The molecule has 0 saturated heterocycles. The Balaban J connectivity index is 1.30. The third-order valence-corrected chi connectivity index (χ3v) is 8.50. The van der Waals surface area contributed by atoms with Gasteiger partial charge in [-0.05, 0) is 48.5 Å². The highest BCUT2D eigenvalue weighted by Gasteiger charge is 2.36. The van der Waals surface area contributed by atoms with Crippen molar-refractivity contribution in [3.8, 4) is 0 Å². The monoisotopic (exact) mass is 538 g/mol. The minimum absolute atomic E-state index is 0.0702. The predicted molar refractivity (Wildman–Crippen MR) is 148 cm³/mol. The third kappa shape index (κ3) is 5.31. The standard InChI is InChI=1S/C27H20Cl2N2O2S2/c28-17-12-13-20(21(29)14-17)24(32)16-34-19-7-5-6-18(15-19)30-27(33)31-22-8-1-3-10-25(22)35-26-11-4-2-9-23(26)31/h1-15,22,25H,16H2,(H,30,33). The molecule has 0 aromatic heterocycles. The second-order valence-electron chi connectivity index (χ2n) is 7.97. The molecule has 2 amide bonds. The van der Waals surface area contributed by atoms with Gasteiger partial charge in [0, 0.05) is 26.1 Å². The van der Waals surface area contributed by atoms with Crippen LogP contribution in [-0.2, 0) is 0 Å². The van der Waals surface area contributed by atoms with E-state index in [1.165, 1.54) is 11.8 Å². The number of Topliss-reactive ketones (excluding diaryl/α,β-unsaturated/α-hetero) is 1. The molecule has 0 fully saturated rings. The number of rotatable bonds is 5. The van der Waals surface area contributed by atoms with Crippen molar-refractivity contribution >= 4 is 69.9 Å². The number of carbonyl (C=O) groups excluding carboxylic acids is 2. The van der Waals surface area contributed by atoms with Gasteiger partial charge in [0.25, 0.3) is 0 Å². The van der Waals surface area contributed by atoms with Crippen LogP contribution in [0.25, 0.3) is 0 Å². The van der Waals surface area contributed by atoms with E-state index in [1.54, 1.807) is 30.0 Å². The minimum Gasteiger partial charge on any atom is -0.307 e. The highest BCUT2D eigenvalue weighted by molar-refractivity contribution is 8.00. The molecule has 0 radical (unpaired) electrons. The number of hydrogen-bond donors (Lipinski definition) is 1. The molecule has 2 atom stereocenters. The first kappa shape index (κ1) is 24.1. The summed E-state index contributed by atoms with van der Waals surface area (Å²) >= 11 is 15.3. The van der Waals surface area contributed by atoms with Gasteiger partial charge < -0.3 is 5.32 Å². The van der Waals surface area contributed by atoms with Gasteiger partial charge in [-0.1, -0.05) is 65.7 Å². The molecular formula is C27H20Cl2N2O2S2. The van der Waals surface area contributed by atoms with Gasteiger partial charge in [0.05, 0.1) is 27.8 Å². The Morgan fingerprint density at radius 2 is 1.80 bits per heavy atom. The zero-order valence-corrected chi connectivity index (χ0v) is 21.5. The molecule has 35 heavy (non-hydrogen) atoms. The average Bonchev–Trinajstić information content (AvgIpc) is 2.86. The summed E-state index contributed by atoms with van der Waals surface area (Å²) in [5.41, 5.74) is 2.01. The summed E-state index contributed by atoms with van der Waals surface area (Å²) in [7, 11) is 0. The van der Waals surface area contributed by atoms with E-state index in [0.29, 0.717) is 21.3 Å². The molecular weight excluding hydrogens is 519 g/mol. The number of halogens is 2. The molecule has 8 heteroatoms. The van der Waals surface area contributed by atoms with Crippen LogP contribution in [-0.4, -0.2) is 28.9 Å². The van der Waals surface area contributed by atoms with E-state index in [0.717, 1.165) is 15.5 Å². The molecule has 1 aliphatic heterocycles. The lowest BCUT2D eigenvalue weighted by molar-refractivity contribution is 0.102. The Labute approximate surface area is 222 Å². The smallest absolute Gasteiger partial charge is 0.307 e. The molecule has 2 unspecified atom stereocenters. The number of para-hydroxylation sites is 1. The molecule has 2 aliphatic rings. The van der Waals surface area contributed by atoms with E-state index >= 15 is 0 Å². The minimum atomic E-state index is -0.195. The van der Waals surface area contributed by atoms with Crippen LogP contribution >= 0.6 is 46.7 Å². The fourth-order valence-electron chi connectivity index (χ4n) is 4.01. The van der Waals surface area contributed by atoms with E-state index < -0.39 is 0 Å². The number of nitrogens with zero attached hydrogens (tertiary/aromatic N) is 1. The lowest BCUT2D eigenvalue weighted by Gasteiger charge is -2.40. The molecule has 0 spiro atoms. The number of ketones is 1. The van der Waals surface area contributed by atoms with Crippen LogP contribution in [0.3, 0.4) is 0 Å². The molecule has 0 saturated carbocycles. The van der Waals surface area contributed by atoms with Crippen molar-refractivity contribution < 1.29 is 9.59 Å². The Morgan fingerprint density at radius 3 is 2.66 bits per heavy atom. The van der Waals surface area contributed by atoms with Gasteiger partial charge in [-0.3, -0.25) is 9.69 Å². The quantitative estimate of drug-likeness (QED) is 0.264. The zero-order chi connectivity index (χ0) is 24.4. The summed E-state index contributed by atoms with van der Waals surface area (Å²) < 4.78 is 0. The number of benzene rings is 3. The van der Waals surface area contributed by atoms with E-state index in [2.05, 4.69) is 17.5 Å². The van der Waals surface area contributed by atoms with Crippen molar-refractivity contribution in [2.45, 2.75) is 21.1 Å². The normalized spacial score (nSPS) is 18.1. The van der Waals surface area contributed by atoms with Crippen LogP contribution in [0.2, 0.25) is 10.0 Å². The second-order valence-corrected chi connectivity index (χ2v) is 11.1. The predicted octanol–water partition coefficient (Wildman–Crippen LogP) is 7.98. The number of carbonyl (C=O) groups is 2. The summed E-state index contributed by atoms with van der Waals surface area (Å²) in [5.74, 6) is 0.132. The first-order chi connectivity index (χ1) is 17.0. The Morgan fingerprint density at radius 1 is 0.971 bits per heavy atom. The molecule has 1 N–H and O–H groups in total. The SMILES string of the molecule is O=C(CSc1cccc(NC(=O)N2c3ccccc3SC3C=CC=CC32)c1)c1ccc(Cl)cc1Cl. The van der Waals surface area contributed by atoms with Gasteiger partial charge in [0.15, 0.2) is 5.78 Å². The first-order valence-corrected chi connectivity index (χ1v) is 13.5. The molecule has 1 aliphatic carbocycles. The molecule has 1 heterocycles. The van der Waals surface area contributed by atoms with Gasteiger partial charge in [-0.2, -0.15) is 0 Å². The summed E-state index contributed by atoms with van der Waals surface area (Å²) in [5, 5.41) is 4.04. The van der Waals surface area contributed by atoms with E-state index in [9.17, 15) is 9.59 Å². The summed E-state index contributed by atoms with van der Waals surface area (Å²) in [6.45, 7) is 0. The number of allylic oxidation sites excluding steroid dienone is 2. The summed E-state index contributed by atoms with van der Waals surface area (Å²) in [6, 6.07) is 20.0. The lowest BCUT2D eigenvalue weighted by atomic mass is 10.1. The number of fused-ring (bicyclic) bond motifs is 2. The van der Waals surface area contributed by atoms with E-state index in [4.69, 9.17) is 23.2 Å². The largest absolute Gasteiger partial charge is 0.326 e. The molecule has 5 rings (SSSR count). The average molecular weight is 540 g/mol. The van der Waals surface area contributed by atoms with Gasteiger partial charge in [-0.15, -0.1) is 23.5 Å². The van der Waals surface area contributed by atoms with Crippen LogP contribution in [0.15, 0.2) is 101 Å². The van der Waals surface area contributed by atoms with Crippen LogP contribution in [0.4, 0.5) is 16.2 Å². The highest BCUT2D eigenvalue weighted by atomic mass is 35.5. The van der Waals surface area contributed by atoms with Crippen molar-refractivity contribution in [2.24, 2.45) is 0 Å². The number of thioether (sulfide) groups is 2. The van der Waals surface area contributed by atoms with Crippen molar-refractivity contribution in [3.05, 3.63) is 107 Å². The van der Waals surface area contributed by atoms with Crippen molar-refractivity contribution in [2.75, 3.05) is 16.0 Å². The maximum atomic E-state index is 13.5. The summed E-state index contributed by atoms with van der Waals surface area (Å²) in [4.78, 5) is 29.9. The Hall–Kier alpha value is -2.64. The Kier molecular flexibility index (Phi) is 7.25. The van der Waals surface area contributed by atoms with Crippen LogP contribution in [0.5, 0.6) is 0 Å². The van der Waals surface area contributed by atoms with Gasteiger partial charge in [-0.25, -0.2) is 4.79 Å². The second kappa shape index (κ2) is 10.5. The maximum Gasteiger partial charge on any atom is 0.326 e. The fraction of sp³-hybridized carbons (Fsp3) is 0.111. The van der Waals surface area contributed by atoms with Crippen LogP contribution in [0, 0.1) is 0 Å². The number of nitrogens with one attached hydrogen (secondary N) is 1. The first-order valence-electron chi connectivity index (χ1n) is 10.9. The molecule has 4 nitrogen and oxygen atoms in total. The van der Waals surface area contributed by atoms with Crippen LogP contribution < -0.4 is 10.2 Å². The molecule has 3 aromatic rings. The van der Waals surface area contributed by atoms with Crippen molar-refractivity contribution in [1.82, 2.24) is 0 Å². The highest BCUT2D eigenvalue weighted by Crippen LogP contribution is 2.43. The molecule has 3 aromatic carbocycles. The maximum absolute atomic E-state index is 13.5. The van der Waals surface area contributed by atoms with Gasteiger partial charge in [0.1, 0.15) is 0 Å². The zero-order valence-electron chi connectivity index (χ0n) is 18.4. The van der Waals surface area contributed by atoms with E-state index in [1.807, 2.05) is 65.6 Å². The molecule has 176 valence electrons. The van der Waals surface area contributed by atoms with Gasteiger partial charge >= 0.3 is 6.03 Å². The number of anilines is 2. The topological polar surface area (TPSA) is 49.4 Å². The number of urea groups is 1. The lowest BCUT2D eigenvalue weighted by Crippen LogP contribution is -2.49. The van der Waals surface area contributed by atoms with Crippen LogP contribution in [0.1, 0.15) is 10.4 Å². The molecule has 0 bridgehead atoms. The summed E-state index contributed by atoms with van der Waals surface area (Å²) in [6.07, 6.45) is 8.20. The van der Waals surface area contributed by atoms with Crippen molar-refractivity contribution in [1.29, 1.82) is 0 Å². The fourth-order valence-corrected chi connectivity index (χ4v) is 6.63. The number of hydrogen-bond acceptors (Lipinski definition) is 4.